The number of ether oxygens (including phenoxy) is 2. The minimum atomic E-state index is -0.967. The molecule has 0 spiro atoms. The van der Waals surface area contributed by atoms with Crippen molar-refractivity contribution in [2.75, 3.05) is 32.8 Å². The summed E-state index contributed by atoms with van der Waals surface area (Å²) in [4.78, 5) is 25.6. The molecule has 2 rings (SSSR count). The molecule has 33 heavy (non-hydrogen) atoms. The fourth-order valence-electron chi connectivity index (χ4n) is 3.41. The highest BCUT2D eigenvalue weighted by Crippen LogP contribution is 2.15. The van der Waals surface area contributed by atoms with Crippen molar-refractivity contribution < 1.29 is 24.2 Å². The Morgan fingerprint density at radius 2 is 1.73 bits per heavy atom. The summed E-state index contributed by atoms with van der Waals surface area (Å²) in [7, 11) is 0. The highest BCUT2D eigenvalue weighted by molar-refractivity contribution is 5.74. The minimum absolute atomic E-state index is 0.0699. The lowest BCUT2D eigenvalue weighted by molar-refractivity contribution is -0.149. The third-order valence-electron chi connectivity index (χ3n) is 5.17. The Kier molecular flexibility index (Phi) is 11.8. The van der Waals surface area contributed by atoms with Gasteiger partial charge in [0.25, 0.3) is 0 Å². The topological polar surface area (TPSA) is 88.1 Å². The summed E-state index contributed by atoms with van der Waals surface area (Å²) in [5.41, 5.74) is 2.13. The Morgan fingerprint density at radius 1 is 1.00 bits per heavy atom. The monoisotopic (exact) mass is 456 g/mol. The molecule has 7 heteroatoms. The molecule has 1 unspecified atom stereocenters. The van der Waals surface area contributed by atoms with Gasteiger partial charge in [0, 0.05) is 26.1 Å². The summed E-state index contributed by atoms with van der Waals surface area (Å²) in [6, 6.07) is 17.5. The Morgan fingerprint density at radius 3 is 2.36 bits per heavy atom. The predicted octanol–water partition coefficient (Wildman–Crippen LogP) is 4.15. The predicted molar refractivity (Wildman–Crippen MR) is 129 cm³/mol. The van der Waals surface area contributed by atoms with Gasteiger partial charge >= 0.3 is 12.0 Å². The molecule has 2 aromatic carbocycles. The van der Waals surface area contributed by atoms with Crippen LogP contribution in [0, 0.1) is 0 Å². The summed E-state index contributed by atoms with van der Waals surface area (Å²) in [6.45, 7) is 6.32. The van der Waals surface area contributed by atoms with Gasteiger partial charge in [-0.3, -0.25) is 0 Å². The van der Waals surface area contributed by atoms with Crippen LogP contribution < -0.4 is 10.1 Å². The number of hydrogen-bond acceptors (Lipinski definition) is 4. The maximum Gasteiger partial charge on any atom is 0.333 e. The van der Waals surface area contributed by atoms with Crippen LogP contribution in [0.1, 0.15) is 37.8 Å². The molecule has 0 radical (unpaired) electrons. The van der Waals surface area contributed by atoms with Crippen LogP contribution in [0.4, 0.5) is 4.79 Å². The Bertz CT molecular complexity index is 826. The van der Waals surface area contributed by atoms with E-state index < -0.39 is 12.1 Å². The van der Waals surface area contributed by atoms with E-state index in [2.05, 4.69) is 17.4 Å². The number of rotatable bonds is 15. The van der Waals surface area contributed by atoms with E-state index in [1.807, 2.05) is 49.4 Å². The fraction of sp³-hybridized carbons (Fsp3) is 0.462. The summed E-state index contributed by atoms with van der Waals surface area (Å²) in [5.74, 6) is -0.286. The molecule has 0 aromatic heterocycles. The molecule has 1 atom stereocenters. The van der Waals surface area contributed by atoms with E-state index in [1.54, 1.807) is 11.8 Å². The molecular weight excluding hydrogens is 420 g/mol. The molecule has 0 fully saturated rings. The van der Waals surface area contributed by atoms with Gasteiger partial charge < -0.3 is 24.8 Å². The van der Waals surface area contributed by atoms with Crippen molar-refractivity contribution in [3.05, 3.63) is 65.7 Å². The molecule has 7 nitrogen and oxygen atoms in total. The first-order valence-corrected chi connectivity index (χ1v) is 11.7. The van der Waals surface area contributed by atoms with Crippen molar-refractivity contribution in [3.8, 4) is 5.75 Å². The molecule has 0 aliphatic carbocycles. The van der Waals surface area contributed by atoms with Crippen LogP contribution in [-0.2, 0) is 22.4 Å². The first kappa shape index (κ1) is 26.2. The number of nitrogens with zero attached hydrogens (tertiary/aromatic N) is 1. The smallest absolute Gasteiger partial charge is 0.333 e. The fourth-order valence-corrected chi connectivity index (χ4v) is 3.41. The van der Waals surface area contributed by atoms with Gasteiger partial charge in [-0.15, -0.1) is 0 Å². The van der Waals surface area contributed by atoms with E-state index in [1.165, 1.54) is 5.56 Å². The average molecular weight is 457 g/mol. The standard InChI is InChI=1S/C26H36N2O5/c1-3-16-27-26(31)28(17-8-11-21-9-6-5-7-10-21)18-19-33-23-14-12-22(13-15-23)20-24(25(29)30)32-4-2/h5-7,9-10,12-15,24H,3-4,8,11,16-20H2,1-2H3,(H,27,31)(H,29,30). The number of amides is 2. The number of carbonyl (C=O) groups is 2. The van der Waals surface area contributed by atoms with E-state index in [-0.39, 0.29) is 6.03 Å². The van der Waals surface area contributed by atoms with Crippen LogP contribution in [0.2, 0.25) is 0 Å². The van der Waals surface area contributed by atoms with E-state index in [4.69, 9.17) is 9.47 Å². The van der Waals surface area contributed by atoms with Gasteiger partial charge in [-0.2, -0.15) is 0 Å². The normalized spacial score (nSPS) is 11.6. The van der Waals surface area contributed by atoms with E-state index in [0.29, 0.717) is 45.0 Å². The lowest BCUT2D eigenvalue weighted by Crippen LogP contribution is -2.43. The molecule has 180 valence electrons. The molecule has 2 aromatic rings. The third-order valence-corrected chi connectivity index (χ3v) is 5.17. The van der Waals surface area contributed by atoms with Gasteiger partial charge in [-0.25, -0.2) is 9.59 Å². The molecule has 0 aliphatic rings. The van der Waals surface area contributed by atoms with Crippen LogP contribution in [0.15, 0.2) is 54.6 Å². The van der Waals surface area contributed by atoms with Gasteiger partial charge in [0.05, 0.1) is 6.54 Å². The van der Waals surface area contributed by atoms with Crippen LogP contribution in [0.25, 0.3) is 0 Å². The lowest BCUT2D eigenvalue weighted by Gasteiger charge is -2.23. The van der Waals surface area contributed by atoms with Crippen LogP contribution in [0.5, 0.6) is 5.75 Å². The van der Waals surface area contributed by atoms with Crippen LogP contribution >= 0.6 is 0 Å². The summed E-state index contributed by atoms with van der Waals surface area (Å²) >= 11 is 0. The van der Waals surface area contributed by atoms with E-state index >= 15 is 0 Å². The summed E-state index contributed by atoms with van der Waals surface area (Å²) in [6.07, 6.45) is 2.13. The van der Waals surface area contributed by atoms with Crippen LogP contribution in [-0.4, -0.2) is 61.0 Å². The quantitative estimate of drug-likeness (QED) is 0.420. The SMILES string of the molecule is CCCNC(=O)N(CCCc1ccccc1)CCOc1ccc(CC(OCC)C(=O)O)cc1. The van der Waals surface area contributed by atoms with Gasteiger partial charge in [0.2, 0.25) is 0 Å². The second kappa shape index (κ2) is 14.9. The number of carboxylic acids is 1. The number of carbonyl (C=O) groups excluding carboxylic acids is 1. The average Bonchev–Trinajstić information content (AvgIpc) is 2.83. The molecule has 2 N–H and O–H groups in total. The van der Waals surface area contributed by atoms with Crippen molar-refractivity contribution in [3.63, 3.8) is 0 Å². The Hall–Kier alpha value is -3.06. The molecule has 0 saturated carbocycles. The summed E-state index contributed by atoms with van der Waals surface area (Å²) in [5, 5.41) is 12.2. The maximum atomic E-state index is 12.5. The number of aliphatic carboxylic acids is 1. The Labute approximate surface area is 196 Å². The first-order valence-electron chi connectivity index (χ1n) is 11.7. The number of carboxylic acid groups (broad SMARTS) is 1. The highest BCUT2D eigenvalue weighted by Gasteiger charge is 2.18. The highest BCUT2D eigenvalue weighted by atomic mass is 16.5. The molecule has 0 bridgehead atoms. The lowest BCUT2D eigenvalue weighted by atomic mass is 10.1. The second-order valence-corrected chi connectivity index (χ2v) is 7.79. The van der Waals surface area contributed by atoms with E-state index in [0.717, 1.165) is 24.8 Å². The molecule has 0 saturated heterocycles. The number of urea groups is 1. The molecule has 0 heterocycles. The van der Waals surface area contributed by atoms with Gasteiger partial charge in [0.1, 0.15) is 12.4 Å². The number of hydrogen-bond donors (Lipinski definition) is 2. The van der Waals surface area contributed by atoms with Gasteiger partial charge in [-0.1, -0.05) is 49.4 Å². The van der Waals surface area contributed by atoms with Gasteiger partial charge in [-0.05, 0) is 49.4 Å². The zero-order valence-electron chi connectivity index (χ0n) is 19.7. The van der Waals surface area contributed by atoms with E-state index in [9.17, 15) is 14.7 Å². The van der Waals surface area contributed by atoms with Crippen molar-refractivity contribution in [2.24, 2.45) is 0 Å². The number of nitrogens with one attached hydrogen (secondary N) is 1. The maximum absolute atomic E-state index is 12.5. The second-order valence-electron chi connectivity index (χ2n) is 7.79. The van der Waals surface area contributed by atoms with Crippen molar-refractivity contribution in [1.29, 1.82) is 0 Å². The number of benzene rings is 2. The minimum Gasteiger partial charge on any atom is -0.492 e. The molecule has 2 amide bonds. The van der Waals surface area contributed by atoms with Crippen molar-refractivity contribution >= 4 is 12.0 Å². The first-order chi connectivity index (χ1) is 16.0. The largest absolute Gasteiger partial charge is 0.492 e. The van der Waals surface area contributed by atoms with Gasteiger partial charge in [0.15, 0.2) is 6.10 Å². The number of aryl methyl sites for hydroxylation is 1. The molecule has 0 aliphatic heterocycles. The van der Waals surface area contributed by atoms with Crippen molar-refractivity contribution in [2.45, 2.75) is 45.6 Å². The third kappa shape index (κ3) is 9.95. The Balaban J connectivity index is 1.84. The molecular formula is C26H36N2O5. The zero-order chi connectivity index (χ0) is 23.9. The van der Waals surface area contributed by atoms with Crippen LogP contribution in [0.3, 0.4) is 0 Å². The summed E-state index contributed by atoms with van der Waals surface area (Å²) < 4.78 is 11.1. The van der Waals surface area contributed by atoms with Crippen molar-refractivity contribution in [1.82, 2.24) is 10.2 Å². The zero-order valence-corrected chi connectivity index (χ0v) is 19.7.